The molecule has 1 unspecified atom stereocenters. The van der Waals surface area contributed by atoms with Crippen molar-refractivity contribution >= 4 is 5.91 Å². The van der Waals surface area contributed by atoms with Gasteiger partial charge < -0.3 is 10.6 Å². The molecule has 2 rings (SSSR count). The molecule has 0 saturated carbocycles. The van der Waals surface area contributed by atoms with Crippen LogP contribution in [-0.2, 0) is 4.79 Å². The van der Waals surface area contributed by atoms with Crippen LogP contribution in [0.2, 0.25) is 0 Å². The highest BCUT2D eigenvalue weighted by atomic mass is 16.1. The summed E-state index contributed by atoms with van der Waals surface area (Å²) in [7, 11) is 2.17. The summed E-state index contributed by atoms with van der Waals surface area (Å²) in [5.74, 6) is -0.0184. The number of hydrogen-bond acceptors (Lipinski definition) is 3. The third-order valence-corrected chi connectivity index (χ3v) is 3.83. The molecule has 2 aliphatic heterocycles. The van der Waals surface area contributed by atoms with Crippen LogP contribution in [0.4, 0.5) is 0 Å². The van der Waals surface area contributed by atoms with Crippen LogP contribution in [0.5, 0.6) is 0 Å². The smallest absolute Gasteiger partial charge is 0.221 e. The Bertz CT molecular complexity index is 236. The van der Waals surface area contributed by atoms with Crippen molar-refractivity contribution in [1.29, 1.82) is 0 Å². The molecule has 0 aromatic heterocycles. The van der Waals surface area contributed by atoms with Crippen molar-refractivity contribution in [2.24, 2.45) is 11.7 Å². The summed E-state index contributed by atoms with van der Waals surface area (Å²) in [6, 6.07) is 0.686. The largest absolute Gasteiger partial charge is 0.369 e. The molecule has 2 saturated heterocycles. The van der Waals surface area contributed by atoms with E-state index >= 15 is 0 Å². The number of rotatable bonds is 2. The minimum atomic E-state index is -0.120. The second-order valence-corrected chi connectivity index (χ2v) is 4.92. The van der Waals surface area contributed by atoms with E-state index in [0.29, 0.717) is 6.04 Å². The Labute approximate surface area is 91.4 Å². The SMILES string of the molecule is CN1CCC(N2CCC(C(N)=O)C2)CC1. The number of likely N-dealkylation sites (tertiary alicyclic amines) is 2. The quantitative estimate of drug-likeness (QED) is 0.693. The normalized spacial score (nSPS) is 30.9. The van der Waals surface area contributed by atoms with E-state index in [0.717, 1.165) is 19.5 Å². The molecule has 4 heteroatoms. The summed E-state index contributed by atoms with van der Waals surface area (Å²) in [5, 5.41) is 0. The highest BCUT2D eigenvalue weighted by Crippen LogP contribution is 2.23. The molecule has 2 N–H and O–H groups in total. The van der Waals surface area contributed by atoms with E-state index in [4.69, 9.17) is 5.73 Å². The van der Waals surface area contributed by atoms with Gasteiger partial charge in [0.2, 0.25) is 5.91 Å². The third-order valence-electron chi connectivity index (χ3n) is 3.83. The van der Waals surface area contributed by atoms with Crippen molar-refractivity contribution in [1.82, 2.24) is 9.80 Å². The molecule has 0 bridgehead atoms. The van der Waals surface area contributed by atoms with Crippen LogP contribution < -0.4 is 5.73 Å². The second-order valence-electron chi connectivity index (χ2n) is 4.92. The van der Waals surface area contributed by atoms with E-state index in [1.165, 1.54) is 25.9 Å². The van der Waals surface area contributed by atoms with Crippen LogP contribution in [0.1, 0.15) is 19.3 Å². The molecule has 1 amide bonds. The molecule has 2 fully saturated rings. The topological polar surface area (TPSA) is 49.6 Å². The molecule has 0 radical (unpaired) electrons. The van der Waals surface area contributed by atoms with Crippen LogP contribution >= 0.6 is 0 Å². The predicted octanol–water partition coefficient (Wildman–Crippen LogP) is -0.112. The average Bonchev–Trinajstić information content (AvgIpc) is 2.68. The Morgan fingerprint density at radius 1 is 1.20 bits per heavy atom. The molecule has 86 valence electrons. The first-order valence-corrected chi connectivity index (χ1v) is 5.88. The molecule has 4 nitrogen and oxygen atoms in total. The number of carbonyl (C=O) groups excluding carboxylic acids is 1. The molecule has 0 aromatic rings. The highest BCUT2D eigenvalue weighted by Gasteiger charge is 2.32. The van der Waals surface area contributed by atoms with Crippen molar-refractivity contribution in [3.05, 3.63) is 0 Å². The Hall–Kier alpha value is -0.610. The average molecular weight is 211 g/mol. The van der Waals surface area contributed by atoms with Gasteiger partial charge in [-0.05, 0) is 45.9 Å². The number of carbonyl (C=O) groups is 1. The number of nitrogens with zero attached hydrogens (tertiary/aromatic N) is 2. The van der Waals surface area contributed by atoms with Crippen molar-refractivity contribution < 1.29 is 4.79 Å². The first kappa shape index (κ1) is 10.9. The molecule has 1 atom stereocenters. The summed E-state index contributed by atoms with van der Waals surface area (Å²) in [5.41, 5.74) is 5.34. The van der Waals surface area contributed by atoms with Gasteiger partial charge in [0.25, 0.3) is 0 Å². The summed E-state index contributed by atoms with van der Waals surface area (Å²) in [6.45, 7) is 4.32. The van der Waals surface area contributed by atoms with Crippen LogP contribution in [0, 0.1) is 5.92 Å². The fourth-order valence-corrected chi connectivity index (χ4v) is 2.71. The Morgan fingerprint density at radius 3 is 2.40 bits per heavy atom. The van der Waals surface area contributed by atoms with Gasteiger partial charge in [-0.15, -0.1) is 0 Å². The number of nitrogens with two attached hydrogens (primary N) is 1. The maximum Gasteiger partial charge on any atom is 0.221 e. The Kier molecular flexibility index (Phi) is 3.26. The zero-order valence-corrected chi connectivity index (χ0v) is 9.48. The van der Waals surface area contributed by atoms with E-state index in [-0.39, 0.29) is 11.8 Å². The van der Waals surface area contributed by atoms with Crippen molar-refractivity contribution in [2.45, 2.75) is 25.3 Å². The highest BCUT2D eigenvalue weighted by molar-refractivity contribution is 5.77. The predicted molar refractivity (Wildman–Crippen MR) is 59.4 cm³/mol. The fourth-order valence-electron chi connectivity index (χ4n) is 2.71. The lowest BCUT2D eigenvalue weighted by Crippen LogP contribution is -2.43. The van der Waals surface area contributed by atoms with Crippen LogP contribution in [-0.4, -0.2) is 55.0 Å². The minimum absolute atomic E-state index is 0.102. The summed E-state index contributed by atoms with van der Waals surface area (Å²) in [4.78, 5) is 15.9. The van der Waals surface area contributed by atoms with Crippen molar-refractivity contribution in [3.63, 3.8) is 0 Å². The van der Waals surface area contributed by atoms with Gasteiger partial charge in [-0.3, -0.25) is 9.69 Å². The van der Waals surface area contributed by atoms with Crippen LogP contribution in [0.25, 0.3) is 0 Å². The molecular weight excluding hydrogens is 190 g/mol. The number of primary amides is 1. The molecule has 0 aromatic carbocycles. The summed E-state index contributed by atoms with van der Waals surface area (Å²) < 4.78 is 0. The van der Waals surface area contributed by atoms with Gasteiger partial charge in [0.05, 0.1) is 5.92 Å². The van der Waals surface area contributed by atoms with E-state index in [1.54, 1.807) is 0 Å². The Balaban J connectivity index is 1.83. The standard InChI is InChI=1S/C11H21N3O/c1-13-5-3-10(4-6-13)14-7-2-9(8-14)11(12)15/h9-10H,2-8H2,1H3,(H2,12,15). The second kappa shape index (κ2) is 4.49. The number of hydrogen-bond donors (Lipinski definition) is 1. The summed E-state index contributed by atoms with van der Waals surface area (Å²) >= 11 is 0. The van der Waals surface area contributed by atoms with E-state index in [1.807, 2.05) is 0 Å². The maximum atomic E-state index is 11.1. The lowest BCUT2D eigenvalue weighted by molar-refractivity contribution is -0.121. The molecule has 0 aliphatic carbocycles. The first-order chi connectivity index (χ1) is 7.16. The van der Waals surface area contributed by atoms with Crippen molar-refractivity contribution in [2.75, 3.05) is 33.2 Å². The van der Waals surface area contributed by atoms with Gasteiger partial charge >= 0.3 is 0 Å². The zero-order chi connectivity index (χ0) is 10.8. The number of piperidine rings is 1. The van der Waals surface area contributed by atoms with E-state index < -0.39 is 0 Å². The van der Waals surface area contributed by atoms with Gasteiger partial charge in [-0.2, -0.15) is 0 Å². The van der Waals surface area contributed by atoms with Gasteiger partial charge in [0.15, 0.2) is 0 Å². The number of amides is 1. The Morgan fingerprint density at radius 2 is 1.87 bits per heavy atom. The monoisotopic (exact) mass is 211 g/mol. The van der Waals surface area contributed by atoms with Gasteiger partial charge in [0, 0.05) is 12.6 Å². The molecule has 0 spiro atoms. The molecule has 15 heavy (non-hydrogen) atoms. The lowest BCUT2D eigenvalue weighted by Gasteiger charge is -2.35. The van der Waals surface area contributed by atoms with Crippen LogP contribution in [0.3, 0.4) is 0 Å². The van der Waals surface area contributed by atoms with E-state index in [9.17, 15) is 4.79 Å². The van der Waals surface area contributed by atoms with Crippen LogP contribution in [0.15, 0.2) is 0 Å². The maximum absolute atomic E-state index is 11.1. The summed E-state index contributed by atoms with van der Waals surface area (Å²) in [6.07, 6.45) is 3.44. The molecule has 2 aliphatic rings. The van der Waals surface area contributed by atoms with Gasteiger partial charge in [-0.25, -0.2) is 0 Å². The lowest BCUT2D eigenvalue weighted by atomic mass is 10.0. The zero-order valence-electron chi connectivity index (χ0n) is 9.48. The first-order valence-electron chi connectivity index (χ1n) is 5.88. The van der Waals surface area contributed by atoms with Gasteiger partial charge in [-0.1, -0.05) is 0 Å². The minimum Gasteiger partial charge on any atom is -0.369 e. The fraction of sp³-hybridized carbons (Fsp3) is 0.909. The molecule has 2 heterocycles. The van der Waals surface area contributed by atoms with Crippen molar-refractivity contribution in [3.8, 4) is 0 Å². The third kappa shape index (κ3) is 2.49. The van der Waals surface area contributed by atoms with E-state index in [2.05, 4.69) is 16.8 Å². The van der Waals surface area contributed by atoms with Gasteiger partial charge in [0.1, 0.15) is 0 Å². The molecular formula is C11H21N3O.